The van der Waals surface area contributed by atoms with Gasteiger partial charge < -0.3 is 14.6 Å². The molecule has 2 aromatic carbocycles. The number of esters is 1. The maximum Gasteiger partial charge on any atom is 0.351 e. The Morgan fingerprint density at radius 2 is 1.77 bits per heavy atom. The summed E-state index contributed by atoms with van der Waals surface area (Å²) in [5, 5.41) is 9.55. The summed E-state index contributed by atoms with van der Waals surface area (Å²) in [6, 6.07) is 11.9. The first-order chi connectivity index (χ1) is 10.6. The van der Waals surface area contributed by atoms with Gasteiger partial charge in [0, 0.05) is 5.56 Å². The topological polar surface area (TPSA) is 55.8 Å². The van der Waals surface area contributed by atoms with E-state index in [9.17, 15) is 4.79 Å². The Balaban J connectivity index is 2.38. The highest BCUT2D eigenvalue weighted by molar-refractivity contribution is 6.37. The standard InChI is InChI=1S/C16H14Cl2O4/c1-21-16(20)14(11-5-3-2-4-6-11)22-15-12(17)7-10(9-19)8-13(15)18/h2-8,14,19H,9H2,1H3. The molecule has 0 spiro atoms. The Morgan fingerprint density at radius 1 is 1.18 bits per heavy atom. The summed E-state index contributed by atoms with van der Waals surface area (Å²) in [5.74, 6) is -0.399. The number of halogens is 2. The fourth-order valence-corrected chi connectivity index (χ4v) is 2.54. The van der Waals surface area contributed by atoms with Crippen molar-refractivity contribution in [2.75, 3.05) is 7.11 Å². The molecule has 0 fully saturated rings. The third-order valence-corrected chi connectivity index (χ3v) is 3.56. The van der Waals surface area contributed by atoms with Gasteiger partial charge in [-0.15, -0.1) is 0 Å². The van der Waals surface area contributed by atoms with Crippen LogP contribution in [-0.2, 0) is 16.1 Å². The van der Waals surface area contributed by atoms with Gasteiger partial charge in [0.25, 0.3) is 0 Å². The number of ether oxygens (including phenoxy) is 2. The van der Waals surface area contributed by atoms with E-state index in [-0.39, 0.29) is 22.4 Å². The first-order valence-electron chi connectivity index (χ1n) is 6.45. The predicted molar refractivity (Wildman–Crippen MR) is 84.2 cm³/mol. The molecule has 0 aliphatic carbocycles. The number of rotatable bonds is 5. The van der Waals surface area contributed by atoms with Gasteiger partial charge in [0.05, 0.1) is 23.8 Å². The van der Waals surface area contributed by atoms with Gasteiger partial charge in [0.1, 0.15) is 0 Å². The lowest BCUT2D eigenvalue weighted by Crippen LogP contribution is -2.20. The maximum absolute atomic E-state index is 12.0. The molecule has 116 valence electrons. The summed E-state index contributed by atoms with van der Waals surface area (Å²) in [5.41, 5.74) is 1.17. The lowest BCUT2D eigenvalue weighted by Gasteiger charge is -2.19. The van der Waals surface area contributed by atoms with E-state index >= 15 is 0 Å². The molecule has 1 atom stereocenters. The van der Waals surface area contributed by atoms with Crippen molar-refractivity contribution in [2.45, 2.75) is 12.7 Å². The number of benzene rings is 2. The van der Waals surface area contributed by atoms with Crippen LogP contribution in [0.5, 0.6) is 5.75 Å². The molecule has 2 aromatic rings. The van der Waals surface area contributed by atoms with Crippen LogP contribution in [0.25, 0.3) is 0 Å². The summed E-state index contributed by atoms with van der Waals surface area (Å²) in [6.45, 7) is -0.196. The van der Waals surface area contributed by atoms with E-state index in [1.807, 2.05) is 6.07 Å². The molecule has 1 unspecified atom stereocenters. The van der Waals surface area contributed by atoms with E-state index < -0.39 is 12.1 Å². The monoisotopic (exact) mass is 340 g/mol. The van der Waals surface area contributed by atoms with E-state index in [0.717, 1.165) is 0 Å². The average Bonchev–Trinajstić information content (AvgIpc) is 2.54. The fraction of sp³-hybridized carbons (Fsp3) is 0.188. The largest absolute Gasteiger partial charge is 0.471 e. The minimum atomic E-state index is -0.985. The maximum atomic E-state index is 12.0. The number of methoxy groups -OCH3 is 1. The van der Waals surface area contributed by atoms with Crippen LogP contribution in [0.2, 0.25) is 10.0 Å². The summed E-state index contributed by atoms with van der Waals surface area (Å²) in [7, 11) is 1.28. The zero-order chi connectivity index (χ0) is 16.1. The van der Waals surface area contributed by atoms with Gasteiger partial charge in [0.2, 0.25) is 6.10 Å². The summed E-state index contributed by atoms with van der Waals surface area (Å²) in [4.78, 5) is 12.0. The van der Waals surface area contributed by atoms with Crippen molar-refractivity contribution in [2.24, 2.45) is 0 Å². The normalized spacial score (nSPS) is 11.8. The van der Waals surface area contributed by atoms with Crippen LogP contribution >= 0.6 is 23.2 Å². The minimum absolute atomic E-state index is 0.166. The summed E-state index contributed by atoms with van der Waals surface area (Å²) in [6.07, 6.45) is -0.985. The van der Waals surface area contributed by atoms with Gasteiger partial charge >= 0.3 is 5.97 Å². The fourth-order valence-electron chi connectivity index (χ4n) is 1.92. The van der Waals surface area contributed by atoms with E-state index in [0.29, 0.717) is 11.1 Å². The Morgan fingerprint density at radius 3 is 2.27 bits per heavy atom. The number of carbonyl (C=O) groups is 1. The van der Waals surface area contributed by atoms with Crippen LogP contribution in [-0.4, -0.2) is 18.2 Å². The zero-order valence-corrected chi connectivity index (χ0v) is 13.3. The number of hydrogen-bond acceptors (Lipinski definition) is 4. The highest BCUT2D eigenvalue weighted by atomic mass is 35.5. The molecule has 4 nitrogen and oxygen atoms in total. The Hall–Kier alpha value is -1.75. The molecular weight excluding hydrogens is 327 g/mol. The smallest absolute Gasteiger partial charge is 0.351 e. The second-order valence-corrected chi connectivity index (χ2v) is 5.29. The highest BCUT2D eigenvalue weighted by Crippen LogP contribution is 2.37. The molecule has 0 saturated heterocycles. The van der Waals surface area contributed by atoms with Gasteiger partial charge in [-0.1, -0.05) is 53.5 Å². The molecule has 0 aliphatic rings. The molecule has 6 heteroatoms. The molecule has 0 heterocycles. The number of aliphatic hydroxyl groups excluding tert-OH is 1. The van der Waals surface area contributed by atoms with Crippen molar-refractivity contribution in [3.63, 3.8) is 0 Å². The zero-order valence-electron chi connectivity index (χ0n) is 11.8. The lowest BCUT2D eigenvalue weighted by atomic mass is 10.1. The molecule has 0 radical (unpaired) electrons. The molecule has 22 heavy (non-hydrogen) atoms. The molecular formula is C16H14Cl2O4. The van der Waals surface area contributed by atoms with Crippen molar-refractivity contribution in [1.82, 2.24) is 0 Å². The van der Waals surface area contributed by atoms with Gasteiger partial charge in [-0.25, -0.2) is 4.79 Å². The Kier molecular flexibility index (Phi) is 5.66. The molecule has 0 aliphatic heterocycles. The van der Waals surface area contributed by atoms with Crippen LogP contribution in [0.1, 0.15) is 17.2 Å². The quantitative estimate of drug-likeness (QED) is 0.841. The van der Waals surface area contributed by atoms with Gasteiger partial charge in [0.15, 0.2) is 5.75 Å². The Labute approximate surface area is 138 Å². The van der Waals surface area contributed by atoms with Gasteiger partial charge in [-0.05, 0) is 17.7 Å². The summed E-state index contributed by atoms with van der Waals surface area (Å²) >= 11 is 12.2. The second kappa shape index (κ2) is 7.49. The van der Waals surface area contributed by atoms with E-state index in [2.05, 4.69) is 0 Å². The van der Waals surface area contributed by atoms with Crippen LogP contribution in [0.15, 0.2) is 42.5 Å². The Bertz CT molecular complexity index is 635. The van der Waals surface area contributed by atoms with E-state index in [1.54, 1.807) is 24.3 Å². The molecule has 0 amide bonds. The first kappa shape index (κ1) is 16.6. The SMILES string of the molecule is COC(=O)C(Oc1c(Cl)cc(CO)cc1Cl)c1ccccc1. The van der Waals surface area contributed by atoms with E-state index in [1.165, 1.54) is 19.2 Å². The van der Waals surface area contributed by atoms with Crippen molar-refractivity contribution in [1.29, 1.82) is 0 Å². The second-order valence-electron chi connectivity index (χ2n) is 4.48. The van der Waals surface area contributed by atoms with Gasteiger partial charge in [-0.3, -0.25) is 0 Å². The minimum Gasteiger partial charge on any atom is -0.471 e. The first-order valence-corrected chi connectivity index (χ1v) is 7.20. The van der Waals surface area contributed by atoms with Crippen LogP contribution in [0, 0.1) is 0 Å². The molecule has 0 saturated carbocycles. The average molecular weight is 341 g/mol. The third-order valence-electron chi connectivity index (χ3n) is 2.99. The number of carbonyl (C=O) groups excluding carboxylic acids is 1. The number of aliphatic hydroxyl groups is 1. The molecule has 1 N–H and O–H groups in total. The van der Waals surface area contributed by atoms with Crippen molar-refractivity contribution < 1.29 is 19.4 Å². The number of hydrogen-bond donors (Lipinski definition) is 1. The van der Waals surface area contributed by atoms with Gasteiger partial charge in [-0.2, -0.15) is 0 Å². The van der Waals surface area contributed by atoms with Crippen molar-refractivity contribution in [3.8, 4) is 5.75 Å². The molecule has 0 aromatic heterocycles. The lowest BCUT2D eigenvalue weighted by molar-refractivity contribution is -0.149. The predicted octanol–water partition coefficient (Wildman–Crippen LogP) is 3.78. The molecule has 2 rings (SSSR count). The highest BCUT2D eigenvalue weighted by Gasteiger charge is 2.25. The van der Waals surface area contributed by atoms with Crippen LogP contribution in [0.3, 0.4) is 0 Å². The van der Waals surface area contributed by atoms with Crippen molar-refractivity contribution in [3.05, 3.63) is 63.6 Å². The van der Waals surface area contributed by atoms with Crippen LogP contribution in [0.4, 0.5) is 0 Å². The third kappa shape index (κ3) is 3.71. The molecule has 0 bridgehead atoms. The van der Waals surface area contributed by atoms with E-state index in [4.69, 9.17) is 37.8 Å². The van der Waals surface area contributed by atoms with Crippen molar-refractivity contribution >= 4 is 29.2 Å². The van der Waals surface area contributed by atoms with Crippen LogP contribution < -0.4 is 4.74 Å². The summed E-state index contributed by atoms with van der Waals surface area (Å²) < 4.78 is 10.5.